The fourth-order valence-electron chi connectivity index (χ4n) is 2.70. The van der Waals surface area contributed by atoms with Crippen LogP contribution in [0.15, 0.2) is 47.4 Å². The highest BCUT2D eigenvalue weighted by Crippen LogP contribution is 2.25. The summed E-state index contributed by atoms with van der Waals surface area (Å²) in [5, 5.41) is 0. The summed E-state index contributed by atoms with van der Waals surface area (Å²) >= 11 is 1.58. The summed E-state index contributed by atoms with van der Waals surface area (Å²) in [6.07, 6.45) is 1.05. The van der Waals surface area contributed by atoms with Gasteiger partial charge in [0.1, 0.15) is 5.82 Å². The Morgan fingerprint density at radius 3 is 2.86 bits per heavy atom. The van der Waals surface area contributed by atoms with Crippen molar-refractivity contribution in [1.29, 1.82) is 0 Å². The van der Waals surface area contributed by atoms with Gasteiger partial charge < -0.3 is 5.73 Å². The number of nitrogens with two attached hydrogens (primary N) is 1. The van der Waals surface area contributed by atoms with E-state index in [0.717, 1.165) is 42.4 Å². The van der Waals surface area contributed by atoms with Crippen molar-refractivity contribution in [2.45, 2.75) is 17.9 Å². The van der Waals surface area contributed by atoms with Crippen LogP contribution in [0.5, 0.6) is 0 Å². The lowest BCUT2D eigenvalue weighted by molar-refractivity contribution is 0.271. The molecule has 0 unspecified atom stereocenters. The van der Waals surface area contributed by atoms with Crippen molar-refractivity contribution in [1.82, 2.24) is 4.90 Å². The highest BCUT2D eigenvalue weighted by Gasteiger charge is 2.17. The molecule has 21 heavy (non-hydrogen) atoms. The molecule has 0 aliphatic carbocycles. The third-order valence-electron chi connectivity index (χ3n) is 3.89. The fraction of sp³-hybridized carbons (Fsp3) is 0.294. The number of rotatable bonds is 4. The Hall–Kier alpha value is -1.52. The first-order chi connectivity index (χ1) is 10.2. The molecule has 0 saturated carbocycles. The summed E-state index contributed by atoms with van der Waals surface area (Å²) in [4.78, 5) is 3.13. The van der Waals surface area contributed by atoms with E-state index in [1.54, 1.807) is 17.8 Å². The first-order valence-corrected chi connectivity index (χ1v) is 8.18. The van der Waals surface area contributed by atoms with E-state index >= 15 is 0 Å². The Morgan fingerprint density at radius 2 is 2.00 bits per heavy atom. The number of hydrogen-bond acceptors (Lipinski definition) is 3. The van der Waals surface area contributed by atoms with Gasteiger partial charge in [-0.15, -0.1) is 11.8 Å². The molecule has 1 aliphatic heterocycles. The van der Waals surface area contributed by atoms with E-state index in [0.29, 0.717) is 0 Å². The van der Waals surface area contributed by atoms with Gasteiger partial charge in [-0.25, -0.2) is 4.39 Å². The van der Waals surface area contributed by atoms with Crippen molar-refractivity contribution in [2.75, 3.05) is 24.6 Å². The zero-order chi connectivity index (χ0) is 14.7. The summed E-state index contributed by atoms with van der Waals surface area (Å²) in [7, 11) is 0. The van der Waals surface area contributed by atoms with Crippen molar-refractivity contribution in [3.05, 3.63) is 59.4 Å². The maximum absolute atomic E-state index is 13.6. The zero-order valence-electron chi connectivity index (χ0n) is 11.9. The van der Waals surface area contributed by atoms with Crippen LogP contribution in [0.3, 0.4) is 0 Å². The minimum absolute atomic E-state index is 0.129. The molecule has 4 heteroatoms. The smallest absolute Gasteiger partial charge is 0.136 e. The predicted molar refractivity (Wildman–Crippen MR) is 87.0 cm³/mol. The van der Waals surface area contributed by atoms with E-state index in [-0.39, 0.29) is 5.82 Å². The summed E-state index contributed by atoms with van der Waals surface area (Å²) in [6.45, 7) is 2.90. The number of anilines is 1. The van der Waals surface area contributed by atoms with E-state index in [4.69, 9.17) is 5.73 Å². The number of nitrogens with zero attached hydrogens (tertiary/aromatic N) is 1. The van der Waals surface area contributed by atoms with Crippen LogP contribution in [-0.4, -0.2) is 23.7 Å². The first kappa shape index (κ1) is 14.4. The Bertz CT molecular complexity index is 630. The monoisotopic (exact) mass is 302 g/mol. The minimum atomic E-state index is -0.129. The molecule has 2 aromatic rings. The predicted octanol–water partition coefficient (Wildman–Crippen LogP) is 3.56. The van der Waals surface area contributed by atoms with Gasteiger partial charge in [-0.05, 0) is 35.7 Å². The second kappa shape index (κ2) is 6.50. The topological polar surface area (TPSA) is 29.3 Å². The van der Waals surface area contributed by atoms with Crippen LogP contribution in [0.1, 0.15) is 11.1 Å². The van der Waals surface area contributed by atoms with Crippen molar-refractivity contribution >= 4 is 17.4 Å². The largest absolute Gasteiger partial charge is 0.398 e. The van der Waals surface area contributed by atoms with Crippen molar-refractivity contribution in [3.8, 4) is 0 Å². The molecule has 1 heterocycles. The van der Waals surface area contributed by atoms with E-state index in [2.05, 4.69) is 11.0 Å². The van der Waals surface area contributed by atoms with Gasteiger partial charge >= 0.3 is 0 Å². The number of fused-ring (bicyclic) bond motifs is 1. The van der Waals surface area contributed by atoms with Gasteiger partial charge in [0.2, 0.25) is 0 Å². The molecular weight excluding hydrogens is 283 g/mol. The lowest BCUT2D eigenvalue weighted by atomic mass is 9.98. The van der Waals surface area contributed by atoms with E-state index < -0.39 is 0 Å². The molecule has 0 saturated heterocycles. The molecule has 2 aromatic carbocycles. The second-order valence-corrected chi connectivity index (χ2v) is 6.43. The quantitative estimate of drug-likeness (QED) is 0.692. The second-order valence-electron chi connectivity index (χ2n) is 5.29. The third-order valence-corrected chi connectivity index (χ3v) is 4.92. The highest BCUT2D eigenvalue weighted by atomic mass is 32.2. The number of hydrogen-bond donors (Lipinski definition) is 1. The van der Waals surface area contributed by atoms with E-state index in [1.165, 1.54) is 17.2 Å². The molecule has 1 aliphatic rings. The summed E-state index contributed by atoms with van der Waals surface area (Å²) < 4.78 is 13.6. The maximum atomic E-state index is 13.6. The Balaban J connectivity index is 1.56. The van der Waals surface area contributed by atoms with Crippen LogP contribution in [0.2, 0.25) is 0 Å². The zero-order valence-corrected chi connectivity index (χ0v) is 12.7. The number of nitrogen functional groups attached to an aromatic ring is 1. The van der Waals surface area contributed by atoms with Crippen molar-refractivity contribution < 1.29 is 4.39 Å². The lowest BCUT2D eigenvalue weighted by Gasteiger charge is -2.29. The fourth-order valence-corrected chi connectivity index (χ4v) is 3.65. The van der Waals surface area contributed by atoms with Crippen LogP contribution < -0.4 is 5.73 Å². The average Bonchev–Trinajstić information content (AvgIpc) is 2.50. The molecule has 2 nitrogen and oxygen atoms in total. The Labute approximate surface area is 129 Å². The maximum Gasteiger partial charge on any atom is 0.136 e. The van der Waals surface area contributed by atoms with Crippen LogP contribution in [0.25, 0.3) is 0 Å². The molecule has 0 aromatic heterocycles. The van der Waals surface area contributed by atoms with Gasteiger partial charge in [-0.3, -0.25) is 4.90 Å². The lowest BCUT2D eigenvalue weighted by Crippen LogP contribution is -2.32. The normalized spacial score (nSPS) is 14.9. The standard InChI is InChI=1S/C17H19FN2S/c18-15-5-1-2-7-17(15)21-11-10-20-9-8-13-4-3-6-16(19)14(13)12-20/h1-7H,8-12,19H2. The number of thioether (sulfide) groups is 1. The molecule has 0 spiro atoms. The van der Waals surface area contributed by atoms with Crippen LogP contribution in [0, 0.1) is 5.82 Å². The van der Waals surface area contributed by atoms with Crippen LogP contribution in [-0.2, 0) is 13.0 Å². The molecule has 0 atom stereocenters. The van der Waals surface area contributed by atoms with Gasteiger partial charge in [0.25, 0.3) is 0 Å². The van der Waals surface area contributed by atoms with Crippen LogP contribution >= 0.6 is 11.8 Å². The SMILES string of the molecule is Nc1cccc2c1CN(CCSc1ccccc1F)CC2. The molecule has 110 valence electrons. The van der Waals surface area contributed by atoms with E-state index in [1.807, 2.05) is 24.3 Å². The van der Waals surface area contributed by atoms with Gasteiger partial charge in [-0.1, -0.05) is 24.3 Å². The van der Waals surface area contributed by atoms with Gasteiger partial charge in [0.15, 0.2) is 0 Å². The summed E-state index contributed by atoms with van der Waals surface area (Å²) in [5.41, 5.74) is 9.58. The summed E-state index contributed by atoms with van der Waals surface area (Å²) in [6, 6.07) is 13.1. The molecular formula is C17H19FN2S. The first-order valence-electron chi connectivity index (χ1n) is 7.20. The van der Waals surface area contributed by atoms with E-state index in [9.17, 15) is 4.39 Å². The third kappa shape index (κ3) is 3.39. The average molecular weight is 302 g/mol. The molecule has 0 radical (unpaired) electrons. The highest BCUT2D eigenvalue weighted by molar-refractivity contribution is 7.99. The van der Waals surface area contributed by atoms with Crippen molar-refractivity contribution in [3.63, 3.8) is 0 Å². The molecule has 2 N–H and O–H groups in total. The number of benzene rings is 2. The molecule has 0 amide bonds. The van der Waals surface area contributed by atoms with Crippen LogP contribution in [0.4, 0.5) is 10.1 Å². The molecule has 0 fully saturated rings. The molecule has 3 rings (SSSR count). The Kier molecular flexibility index (Phi) is 4.46. The minimum Gasteiger partial charge on any atom is -0.398 e. The molecule has 0 bridgehead atoms. The number of halogens is 1. The van der Waals surface area contributed by atoms with Gasteiger partial charge in [0.05, 0.1) is 0 Å². The van der Waals surface area contributed by atoms with Gasteiger partial charge in [-0.2, -0.15) is 0 Å². The van der Waals surface area contributed by atoms with Gasteiger partial charge in [0, 0.05) is 36.0 Å². The van der Waals surface area contributed by atoms with Crippen molar-refractivity contribution in [2.24, 2.45) is 0 Å². The Morgan fingerprint density at radius 1 is 1.14 bits per heavy atom. The summed E-state index contributed by atoms with van der Waals surface area (Å²) in [5.74, 6) is 0.763.